The molecule has 5 heterocycles. The van der Waals surface area contributed by atoms with Crippen LogP contribution in [0.1, 0.15) is 95.3 Å². The number of aryl methyl sites for hydroxylation is 2. The Hall–Kier alpha value is -4.64. The molecule has 2 atom stereocenters. The van der Waals surface area contributed by atoms with Gasteiger partial charge in [-0.1, -0.05) is 31.5 Å². The Morgan fingerprint density at radius 1 is 1.02 bits per heavy atom. The second-order valence-electron chi connectivity index (χ2n) is 14.6. The van der Waals surface area contributed by atoms with Crippen LogP contribution in [0.2, 0.25) is 0 Å². The zero-order valence-electron chi connectivity index (χ0n) is 31.8. The maximum Gasteiger partial charge on any atom is 0.425 e. The lowest BCUT2D eigenvalue weighted by Gasteiger charge is -2.51. The van der Waals surface area contributed by atoms with Crippen molar-refractivity contribution in [2.45, 2.75) is 102 Å². The van der Waals surface area contributed by atoms with Crippen molar-refractivity contribution in [1.82, 2.24) is 25.0 Å². The zero-order valence-corrected chi connectivity index (χ0v) is 32.6. The van der Waals surface area contributed by atoms with Gasteiger partial charge in [-0.2, -0.15) is 31.4 Å². The van der Waals surface area contributed by atoms with Crippen LogP contribution in [-0.4, -0.2) is 79.8 Å². The lowest BCUT2D eigenvalue weighted by molar-refractivity contribution is -0.163. The lowest BCUT2D eigenvalue weighted by Crippen LogP contribution is -2.68. The second-order valence-corrected chi connectivity index (χ2v) is 15.5. The number of amides is 2. The van der Waals surface area contributed by atoms with Gasteiger partial charge in [0.2, 0.25) is 5.60 Å². The van der Waals surface area contributed by atoms with Crippen molar-refractivity contribution in [2.75, 3.05) is 26.2 Å². The number of alkyl halides is 6. The number of hydrogen-bond donors (Lipinski definition) is 2. The summed E-state index contributed by atoms with van der Waals surface area (Å²) < 4.78 is 95.9. The smallest absolute Gasteiger partial charge is 0.425 e. The number of carbonyl (C=O) groups is 2. The number of carbonyl (C=O) groups excluding carboxylic acids is 2. The highest BCUT2D eigenvalue weighted by Crippen LogP contribution is 2.44. The summed E-state index contributed by atoms with van der Waals surface area (Å²) in [6.07, 6.45) is -6.42. The van der Waals surface area contributed by atoms with Gasteiger partial charge in [0.05, 0.1) is 29.5 Å². The van der Waals surface area contributed by atoms with E-state index in [1.165, 1.54) is 4.90 Å². The molecule has 0 bridgehead atoms. The van der Waals surface area contributed by atoms with E-state index in [1.54, 1.807) is 31.2 Å². The number of ether oxygens (including phenoxy) is 2. The number of likely N-dealkylation sites (tertiary alicyclic amines) is 2. The number of aromatic nitrogens is 3. The first-order chi connectivity index (χ1) is 27.0. The van der Waals surface area contributed by atoms with E-state index < -0.39 is 57.5 Å². The number of nitrogens with zero attached hydrogens (tertiary/aromatic N) is 4. The first-order valence-corrected chi connectivity index (χ1v) is 19.8. The summed E-state index contributed by atoms with van der Waals surface area (Å²) in [5.74, 6) is -1.45. The zero-order chi connectivity index (χ0) is 41.2. The molecule has 2 amide bonds. The Morgan fingerprint density at radius 3 is 2.40 bits per heavy atom. The molecule has 0 saturated carbocycles. The van der Waals surface area contributed by atoms with Gasteiger partial charge < -0.3 is 24.4 Å². The van der Waals surface area contributed by atoms with Crippen molar-refractivity contribution in [2.24, 2.45) is 0 Å². The van der Waals surface area contributed by atoms with Crippen LogP contribution in [0.4, 0.5) is 26.3 Å². The average Bonchev–Trinajstić information content (AvgIpc) is 3.79. The van der Waals surface area contributed by atoms with Crippen LogP contribution in [0.3, 0.4) is 0 Å². The number of H-pyrrole nitrogens is 1. The molecule has 2 aliphatic rings. The number of rotatable bonds is 12. The molecule has 308 valence electrons. The van der Waals surface area contributed by atoms with Crippen molar-refractivity contribution in [3.63, 3.8) is 0 Å². The Bertz CT molecular complexity index is 2020. The van der Waals surface area contributed by atoms with Crippen molar-refractivity contribution in [3.8, 4) is 11.5 Å². The first-order valence-electron chi connectivity index (χ1n) is 18.9. The van der Waals surface area contributed by atoms with E-state index >= 15 is 0 Å². The SMILES string of the molecule is CCC[C@H]1N(C(=O)c2ncccc2C(F)(F)F)CCC[C@@]1(Oc1csc(C(F)(F)F)c1)C(=O)N1CCC(O)(c2ccccc2OCCCc2c(C)n[nH]c2C)CC1. The normalized spacial score (nSPS) is 20.1. The number of para-hydroxylation sites is 1. The van der Waals surface area contributed by atoms with Gasteiger partial charge in [0.15, 0.2) is 0 Å². The van der Waals surface area contributed by atoms with Crippen LogP contribution in [-0.2, 0) is 29.2 Å². The molecule has 17 heteroatoms. The Balaban J connectivity index is 1.27. The van der Waals surface area contributed by atoms with Crippen molar-refractivity contribution in [1.29, 1.82) is 0 Å². The van der Waals surface area contributed by atoms with Crippen molar-refractivity contribution >= 4 is 23.2 Å². The van der Waals surface area contributed by atoms with Crippen molar-refractivity contribution in [3.05, 3.63) is 92.7 Å². The number of pyridine rings is 1. The summed E-state index contributed by atoms with van der Waals surface area (Å²) in [6, 6.07) is 8.55. The van der Waals surface area contributed by atoms with Gasteiger partial charge in [0, 0.05) is 55.0 Å². The van der Waals surface area contributed by atoms with Gasteiger partial charge in [-0.15, -0.1) is 11.3 Å². The van der Waals surface area contributed by atoms with Crippen LogP contribution in [0.15, 0.2) is 54.0 Å². The lowest BCUT2D eigenvalue weighted by atomic mass is 9.78. The van der Waals surface area contributed by atoms with E-state index in [-0.39, 0.29) is 57.5 Å². The highest BCUT2D eigenvalue weighted by Gasteiger charge is 2.57. The maximum atomic E-state index is 15.0. The first kappa shape index (κ1) is 42.0. The fourth-order valence-corrected chi connectivity index (χ4v) is 8.72. The minimum Gasteiger partial charge on any atom is -0.493 e. The van der Waals surface area contributed by atoms with Gasteiger partial charge in [-0.05, 0) is 76.1 Å². The van der Waals surface area contributed by atoms with Gasteiger partial charge in [-0.25, -0.2) is 0 Å². The van der Waals surface area contributed by atoms with E-state index in [0.717, 1.165) is 58.0 Å². The molecule has 2 saturated heterocycles. The molecule has 1 aromatic carbocycles. The molecule has 3 aromatic heterocycles. The number of halogens is 6. The van der Waals surface area contributed by atoms with E-state index in [4.69, 9.17) is 9.47 Å². The molecule has 57 heavy (non-hydrogen) atoms. The van der Waals surface area contributed by atoms with Crippen LogP contribution in [0, 0.1) is 13.8 Å². The summed E-state index contributed by atoms with van der Waals surface area (Å²) >= 11 is 0.381. The van der Waals surface area contributed by atoms with E-state index in [9.17, 15) is 41.0 Å². The fourth-order valence-electron chi connectivity index (χ4n) is 8.04. The van der Waals surface area contributed by atoms with E-state index in [0.29, 0.717) is 42.1 Å². The summed E-state index contributed by atoms with van der Waals surface area (Å²) in [5, 5.41) is 20.4. The van der Waals surface area contributed by atoms with Gasteiger partial charge >= 0.3 is 12.4 Å². The number of aliphatic hydroxyl groups is 1. The molecule has 0 radical (unpaired) electrons. The predicted octanol–water partition coefficient (Wildman–Crippen LogP) is 8.26. The van der Waals surface area contributed by atoms with Crippen LogP contribution >= 0.6 is 11.3 Å². The highest BCUT2D eigenvalue weighted by molar-refractivity contribution is 7.10. The van der Waals surface area contributed by atoms with Gasteiger partial charge in [0.1, 0.15) is 22.1 Å². The second kappa shape index (κ2) is 16.7. The number of benzene rings is 1. The largest absolute Gasteiger partial charge is 0.493 e. The van der Waals surface area contributed by atoms with Crippen LogP contribution < -0.4 is 9.47 Å². The third kappa shape index (κ3) is 8.78. The summed E-state index contributed by atoms with van der Waals surface area (Å²) in [5.41, 5.74) is -1.88. The molecule has 0 spiro atoms. The van der Waals surface area contributed by atoms with Gasteiger partial charge in [0.25, 0.3) is 11.8 Å². The fraction of sp³-hybridized carbons (Fsp3) is 0.500. The number of aromatic amines is 1. The molecular formula is C40H45F6N5O5S. The minimum absolute atomic E-state index is 0.0104. The molecule has 2 N–H and O–H groups in total. The predicted molar refractivity (Wildman–Crippen MR) is 199 cm³/mol. The van der Waals surface area contributed by atoms with E-state index in [2.05, 4.69) is 15.2 Å². The third-order valence-corrected chi connectivity index (χ3v) is 11.8. The molecule has 2 fully saturated rings. The standard InChI is InChI=1S/C40H45F6N5O5S/c1-4-10-32-38(56-27-23-33(57-24-27)40(44,45)46,15-9-19-51(32)35(52)34-30(39(41,42)43)13-7-18-47-34)36(53)50-20-16-37(54,17-21-50)29-12-5-6-14-31(29)55-22-8-11-28-25(2)48-49-26(28)3/h5-7,12-14,18,23-24,32,54H,4,8-11,15-17,19-22H2,1-3H3,(H,48,49)/t32-,38+/m1/s1. The monoisotopic (exact) mass is 821 g/mol. The summed E-state index contributed by atoms with van der Waals surface area (Å²) in [6.45, 7) is 6.02. The van der Waals surface area contributed by atoms with Crippen molar-refractivity contribution < 1.29 is 50.5 Å². The molecular weight excluding hydrogens is 777 g/mol. The number of nitrogens with one attached hydrogen (secondary N) is 1. The third-order valence-electron chi connectivity index (χ3n) is 10.9. The molecule has 10 nitrogen and oxygen atoms in total. The summed E-state index contributed by atoms with van der Waals surface area (Å²) in [7, 11) is 0. The number of piperidine rings is 2. The van der Waals surface area contributed by atoms with Crippen LogP contribution in [0.25, 0.3) is 0 Å². The molecule has 0 unspecified atom stereocenters. The maximum absolute atomic E-state index is 15.0. The Kier molecular flexibility index (Phi) is 12.3. The van der Waals surface area contributed by atoms with Gasteiger partial charge in [-0.3, -0.25) is 19.7 Å². The Morgan fingerprint density at radius 2 is 1.75 bits per heavy atom. The van der Waals surface area contributed by atoms with Crippen LogP contribution in [0.5, 0.6) is 11.5 Å². The van der Waals surface area contributed by atoms with E-state index in [1.807, 2.05) is 13.8 Å². The molecule has 6 rings (SSSR count). The quantitative estimate of drug-likeness (QED) is 0.109. The molecule has 4 aromatic rings. The minimum atomic E-state index is -4.91. The summed E-state index contributed by atoms with van der Waals surface area (Å²) in [4.78, 5) is 34.5. The highest BCUT2D eigenvalue weighted by atomic mass is 32.1. The number of hydrogen-bond acceptors (Lipinski definition) is 8. The molecule has 0 aliphatic carbocycles. The molecule has 2 aliphatic heterocycles. The average molecular weight is 822 g/mol. The topological polar surface area (TPSA) is 121 Å². The number of thiophene rings is 1. The Labute approximate surface area is 330 Å².